The lowest BCUT2D eigenvalue weighted by molar-refractivity contribution is -0.121. The van der Waals surface area contributed by atoms with E-state index in [0.29, 0.717) is 27.5 Å². The number of aryl methyl sites for hydroxylation is 2. The van der Waals surface area contributed by atoms with E-state index in [0.717, 1.165) is 21.3 Å². The highest BCUT2D eigenvalue weighted by atomic mass is 35.5. The maximum Gasteiger partial charge on any atom is 0.336 e. The van der Waals surface area contributed by atoms with Gasteiger partial charge in [0.05, 0.1) is 11.2 Å². The molecule has 0 saturated heterocycles. The normalized spacial score (nSPS) is 11.1. The van der Waals surface area contributed by atoms with E-state index < -0.39 is 5.69 Å². The zero-order chi connectivity index (χ0) is 22.1. The molecule has 4 rings (SSSR count). The van der Waals surface area contributed by atoms with Gasteiger partial charge in [-0.05, 0) is 60.2 Å². The number of hydrogen-bond donors (Lipinski definition) is 1. The minimum absolute atomic E-state index is 0.190. The molecule has 2 aromatic heterocycles. The van der Waals surface area contributed by atoms with Gasteiger partial charge in [-0.25, -0.2) is 9.36 Å². The smallest absolute Gasteiger partial charge is 0.336 e. The van der Waals surface area contributed by atoms with E-state index in [1.807, 2.05) is 44.2 Å². The summed E-state index contributed by atoms with van der Waals surface area (Å²) in [7, 11) is 0. The summed E-state index contributed by atoms with van der Waals surface area (Å²) in [5.74, 6) is -0.323. The van der Waals surface area contributed by atoms with Crippen LogP contribution in [0.5, 0.6) is 0 Å². The summed E-state index contributed by atoms with van der Waals surface area (Å²) in [5.41, 5.74) is 2.72. The molecule has 1 amide bonds. The standard InChI is InChI=1S/C23H20ClN3O3S/c1-14-3-4-15(2)19(11-14)27-22(29)21-18(9-10-31-21)26(23(27)30)13-20(28)25-12-16-5-7-17(24)8-6-16/h3-11H,12-13H2,1-2H3,(H,25,28). The van der Waals surface area contributed by atoms with Crippen molar-refractivity contribution in [2.75, 3.05) is 0 Å². The number of fused-ring (bicyclic) bond motifs is 1. The minimum atomic E-state index is -0.536. The van der Waals surface area contributed by atoms with Gasteiger partial charge in [0.25, 0.3) is 5.56 Å². The fraction of sp³-hybridized carbons (Fsp3) is 0.174. The lowest BCUT2D eigenvalue weighted by atomic mass is 10.1. The maximum absolute atomic E-state index is 13.3. The lowest BCUT2D eigenvalue weighted by Gasteiger charge is -2.14. The number of carbonyl (C=O) groups excluding carboxylic acids is 1. The third-order valence-electron chi connectivity index (χ3n) is 5.06. The second-order valence-electron chi connectivity index (χ2n) is 7.34. The van der Waals surface area contributed by atoms with Crippen LogP contribution in [0.4, 0.5) is 0 Å². The van der Waals surface area contributed by atoms with Crippen LogP contribution < -0.4 is 16.6 Å². The summed E-state index contributed by atoms with van der Waals surface area (Å²) in [5, 5.41) is 5.19. The molecule has 0 atom stereocenters. The van der Waals surface area contributed by atoms with Gasteiger partial charge in [-0.2, -0.15) is 0 Å². The number of benzene rings is 2. The molecular weight excluding hydrogens is 434 g/mol. The molecular formula is C23H20ClN3O3S. The van der Waals surface area contributed by atoms with Crippen molar-refractivity contribution in [1.82, 2.24) is 14.5 Å². The topological polar surface area (TPSA) is 73.1 Å². The Morgan fingerprint density at radius 2 is 1.81 bits per heavy atom. The predicted octanol–water partition coefficient (Wildman–Crippen LogP) is 3.80. The van der Waals surface area contributed by atoms with Gasteiger partial charge < -0.3 is 5.32 Å². The lowest BCUT2D eigenvalue weighted by Crippen LogP contribution is -2.41. The number of nitrogens with zero attached hydrogens (tertiary/aromatic N) is 2. The number of halogens is 1. The van der Waals surface area contributed by atoms with Gasteiger partial charge in [0.2, 0.25) is 5.91 Å². The molecule has 6 nitrogen and oxygen atoms in total. The molecule has 0 unspecified atom stereocenters. The Kier molecular flexibility index (Phi) is 5.80. The first-order valence-electron chi connectivity index (χ1n) is 9.67. The Balaban J connectivity index is 1.72. The van der Waals surface area contributed by atoms with Crippen molar-refractivity contribution in [3.8, 4) is 5.69 Å². The Labute approximate surface area is 187 Å². The Hall–Kier alpha value is -3.16. The van der Waals surface area contributed by atoms with Crippen LogP contribution in [0.1, 0.15) is 16.7 Å². The van der Waals surface area contributed by atoms with Gasteiger partial charge in [-0.3, -0.25) is 14.2 Å². The van der Waals surface area contributed by atoms with Gasteiger partial charge in [-0.1, -0.05) is 35.9 Å². The predicted molar refractivity (Wildman–Crippen MR) is 124 cm³/mol. The van der Waals surface area contributed by atoms with Crippen molar-refractivity contribution < 1.29 is 4.79 Å². The van der Waals surface area contributed by atoms with E-state index in [-0.39, 0.29) is 18.0 Å². The van der Waals surface area contributed by atoms with Crippen LogP contribution in [-0.2, 0) is 17.9 Å². The van der Waals surface area contributed by atoms with Crippen LogP contribution in [-0.4, -0.2) is 15.0 Å². The molecule has 0 saturated carbocycles. The second kappa shape index (κ2) is 8.53. The summed E-state index contributed by atoms with van der Waals surface area (Å²) >= 11 is 7.15. The number of rotatable bonds is 5. The van der Waals surface area contributed by atoms with E-state index in [4.69, 9.17) is 11.6 Å². The van der Waals surface area contributed by atoms with Crippen molar-refractivity contribution in [1.29, 1.82) is 0 Å². The van der Waals surface area contributed by atoms with E-state index >= 15 is 0 Å². The number of aromatic nitrogens is 2. The highest BCUT2D eigenvalue weighted by molar-refractivity contribution is 7.17. The van der Waals surface area contributed by atoms with Crippen molar-refractivity contribution in [2.45, 2.75) is 26.9 Å². The summed E-state index contributed by atoms with van der Waals surface area (Å²) in [6.45, 7) is 3.88. The third kappa shape index (κ3) is 4.19. The van der Waals surface area contributed by atoms with E-state index in [1.165, 1.54) is 15.9 Å². The number of thiophene rings is 1. The molecule has 0 aliphatic carbocycles. The molecule has 1 N–H and O–H groups in total. The summed E-state index contributed by atoms with van der Waals surface area (Å²) < 4.78 is 2.95. The number of nitrogens with one attached hydrogen (secondary N) is 1. The van der Waals surface area contributed by atoms with Gasteiger partial charge in [0, 0.05) is 11.6 Å². The molecule has 0 radical (unpaired) electrons. The SMILES string of the molecule is Cc1ccc(C)c(-n2c(=O)c3sccc3n(CC(=O)NCc3ccc(Cl)cc3)c2=O)c1. The molecule has 8 heteroatoms. The molecule has 0 bridgehead atoms. The average Bonchev–Trinajstić information content (AvgIpc) is 3.23. The van der Waals surface area contributed by atoms with Crippen LogP contribution in [0.25, 0.3) is 15.9 Å². The van der Waals surface area contributed by atoms with Crippen LogP contribution in [0.2, 0.25) is 5.02 Å². The molecule has 158 valence electrons. The third-order valence-corrected chi connectivity index (χ3v) is 6.21. The van der Waals surface area contributed by atoms with Crippen LogP contribution in [0.15, 0.2) is 63.5 Å². The first-order valence-corrected chi connectivity index (χ1v) is 10.9. The fourth-order valence-corrected chi connectivity index (χ4v) is 4.37. The van der Waals surface area contributed by atoms with Crippen molar-refractivity contribution in [3.63, 3.8) is 0 Å². The number of hydrogen-bond acceptors (Lipinski definition) is 4. The summed E-state index contributed by atoms with van der Waals surface area (Å²) in [6, 6.07) is 14.5. The molecule has 31 heavy (non-hydrogen) atoms. The zero-order valence-electron chi connectivity index (χ0n) is 17.0. The average molecular weight is 454 g/mol. The highest BCUT2D eigenvalue weighted by Crippen LogP contribution is 2.18. The fourth-order valence-electron chi connectivity index (χ4n) is 3.42. The minimum Gasteiger partial charge on any atom is -0.350 e. The van der Waals surface area contributed by atoms with E-state index in [9.17, 15) is 14.4 Å². The van der Waals surface area contributed by atoms with Crippen LogP contribution in [0.3, 0.4) is 0 Å². The molecule has 0 aliphatic heterocycles. The number of amides is 1. The van der Waals surface area contributed by atoms with Gasteiger partial charge >= 0.3 is 5.69 Å². The molecule has 4 aromatic rings. The van der Waals surface area contributed by atoms with Crippen LogP contribution in [0, 0.1) is 13.8 Å². The molecule has 2 heterocycles. The highest BCUT2D eigenvalue weighted by Gasteiger charge is 2.18. The maximum atomic E-state index is 13.3. The molecule has 0 aliphatic rings. The summed E-state index contributed by atoms with van der Waals surface area (Å²) in [6.07, 6.45) is 0. The largest absolute Gasteiger partial charge is 0.350 e. The van der Waals surface area contributed by atoms with Crippen molar-refractivity contribution >= 4 is 39.1 Å². The van der Waals surface area contributed by atoms with Gasteiger partial charge in [0.15, 0.2) is 0 Å². The molecule has 0 fully saturated rings. The Morgan fingerprint density at radius 3 is 2.55 bits per heavy atom. The monoisotopic (exact) mass is 453 g/mol. The molecule has 0 spiro atoms. The zero-order valence-corrected chi connectivity index (χ0v) is 18.6. The Bertz CT molecular complexity index is 1400. The Morgan fingerprint density at radius 1 is 1.06 bits per heavy atom. The quantitative estimate of drug-likeness (QED) is 0.499. The first-order chi connectivity index (χ1) is 14.8. The van der Waals surface area contributed by atoms with Crippen molar-refractivity contribution in [3.05, 3.63) is 96.5 Å². The van der Waals surface area contributed by atoms with E-state index in [2.05, 4.69) is 5.32 Å². The molecule has 2 aromatic carbocycles. The van der Waals surface area contributed by atoms with Crippen LogP contribution >= 0.6 is 22.9 Å². The number of carbonyl (C=O) groups is 1. The second-order valence-corrected chi connectivity index (χ2v) is 8.69. The summed E-state index contributed by atoms with van der Waals surface area (Å²) in [4.78, 5) is 39.1. The van der Waals surface area contributed by atoms with Crippen molar-refractivity contribution in [2.24, 2.45) is 0 Å². The first kappa shape index (κ1) is 21.1. The van der Waals surface area contributed by atoms with E-state index in [1.54, 1.807) is 23.6 Å². The van der Waals surface area contributed by atoms with Gasteiger partial charge in [0.1, 0.15) is 11.2 Å². The van der Waals surface area contributed by atoms with Gasteiger partial charge in [-0.15, -0.1) is 11.3 Å².